The van der Waals surface area contributed by atoms with Crippen molar-refractivity contribution in [1.29, 1.82) is 0 Å². The van der Waals surface area contributed by atoms with Gasteiger partial charge >= 0.3 is 12.0 Å². The molecule has 0 aliphatic carbocycles. The second kappa shape index (κ2) is 6.01. The van der Waals surface area contributed by atoms with Crippen LogP contribution in [0.25, 0.3) is 0 Å². The highest BCUT2D eigenvalue weighted by Crippen LogP contribution is 2.24. The van der Waals surface area contributed by atoms with Crippen LogP contribution in [0.2, 0.25) is 5.02 Å². The average Bonchev–Trinajstić information content (AvgIpc) is 2.43. The monoisotopic (exact) mass is 311 g/mol. The van der Waals surface area contributed by atoms with Gasteiger partial charge in [-0.25, -0.2) is 9.59 Å². The fourth-order valence-electron chi connectivity index (χ4n) is 2.00. The molecule has 1 fully saturated rings. The number of rotatable bonds is 2. The number of halogens is 1. The van der Waals surface area contributed by atoms with Crippen molar-refractivity contribution in [1.82, 2.24) is 10.2 Å². The lowest BCUT2D eigenvalue weighted by Crippen LogP contribution is -2.56. The highest BCUT2D eigenvalue weighted by atomic mass is 35.5. The maximum absolute atomic E-state index is 12.2. The lowest BCUT2D eigenvalue weighted by Gasteiger charge is -2.32. The summed E-state index contributed by atoms with van der Waals surface area (Å²) in [4.78, 5) is 36.0. The zero-order chi connectivity index (χ0) is 15.6. The number of carboxylic acid groups (broad SMARTS) is 1. The summed E-state index contributed by atoms with van der Waals surface area (Å²) in [5.41, 5.74) is 0.207. The van der Waals surface area contributed by atoms with Crippen LogP contribution < -0.4 is 10.6 Å². The molecule has 1 aromatic carbocycles. The molecule has 3 N–H and O–H groups in total. The van der Waals surface area contributed by atoms with Crippen LogP contribution in [-0.4, -0.2) is 47.0 Å². The van der Waals surface area contributed by atoms with E-state index >= 15 is 0 Å². The van der Waals surface area contributed by atoms with Crippen LogP contribution >= 0.6 is 11.6 Å². The Morgan fingerprint density at radius 1 is 1.48 bits per heavy atom. The van der Waals surface area contributed by atoms with Gasteiger partial charge in [-0.15, -0.1) is 0 Å². The molecule has 0 saturated carbocycles. The minimum Gasteiger partial charge on any atom is -0.478 e. The number of amides is 3. The van der Waals surface area contributed by atoms with E-state index in [2.05, 4.69) is 10.6 Å². The standard InChI is InChI=1S/C13H14ClN3O4/c1-7-11(18)15-4-5-17(7)13(21)16-10-6-8(12(19)20)2-3-9(10)14/h2-3,6-7H,4-5H2,1H3,(H,15,18)(H,16,21)(H,19,20). The molecule has 1 aliphatic rings. The van der Waals surface area contributed by atoms with Gasteiger partial charge in [0.25, 0.3) is 0 Å². The number of hydrogen-bond donors (Lipinski definition) is 3. The first-order valence-electron chi connectivity index (χ1n) is 6.28. The largest absolute Gasteiger partial charge is 0.478 e. The van der Waals surface area contributed by atoms with Crippen molar-refractivity contribution in [3.05, 3.63) is 28.8 Å². The molecule has 7 nitrogen and oxygen atoms in total. The molecule has 0 aromatic heterocycles. The molecule has 0 spiro atoms. The smallest absolute Gasteiger partial charge is 0.335 e. The molecule has 1 unspecified atom stereocenters. The highest BCUT2D eigenvalue weighted by Gasteiger charge is 2.29. The molecule has 1 saturated heterocycles. The van der Waals surface area contributed by atoms with Crippen molar-refractivity contribution in [3.8, 4) is 0 Å². The molecule has 8 heteroatoms. The Morgan fingerprint density at radius 2 is 2.19 bits per heavy atom. The van der Waals surface area contributed by atoms with Crippen LogP contribution in [0.4, 0.5) is 10.5 Å². The van der Waals surface area contributed by atoms with Crippen LogP contribution in [0, 0.1) is 0 Å². The predicted molar refractivity (Wildman–Crippen MR) is 76.6 cm³/mol. The van der Waals surface area contributed by atoms with Gasteiger partial charge in [-0.05, 0) is 25.1 Å². The van der Waals surface area contributed by atoms with Crippen LogP contribution in [0.3, 0.4) is 0 Å². The second-order valence-corrected chi connectivity index (χ2v) is 5.00. The highest BCUT2D eigenvalue weighted by molar-refractivity contribution is 6.33. The molecule has 1 aliphatic heterocycles. The zero-order valence-electron chi connectivity index (χ0n) is 11.2. The van der Waals surface area contributed by atoms with Gasteiger partial charge in [-0.3, -0.25) is 4.79 Å². The van der Waals surface area contributed by atoms with Crippen molar-refractivity contribution in [2.24, 2.45) is 0 Å². The summed E-state index contributed by atoms with van der Waals surface area (Å²) >= 11 is 5.94. The third-order valence-corrected chi connectivity index (χ3v) is 3.54. The van der Waals surface area contributed by atoms with Crippen molar-refractivity contribution >= 4 is 35.2 Å². The molecule has 0 radical (unpaired) electrons. The fourth-order valence-corrected chi connectivity index (χ4v) is 2.17. The van der Waals surface area contributed by atoms with E-state index in [0.717, 1.165) is 0 Å². The van der Waals surface area contributed by atoms with Crippen LogP contribution in [0.5, 0.6) is 0 Å². The SMILES string of the molecule is CC1C(=O)NCCN1C(=O)Nc1cc(C(=O)O)ccc1Cl. The van der Waals surface area contributed by atoms with Crippen molar-refractivity contribution < 1.29 is 19.5 Å². The lowest BCUT2D eigenvalue weighted by atomic mass is 10.2. The maximum atomic E-state index is 12.2. The van der Waals surface area contributed by atoms with E-state index in [1.165, 1.54) is 23.1 Å². The van der Waals surface area contributed by atoms with Crippen molar-refractivity contribution in [3.63, 3.8) is 0 Å². The Kier molecular flexibility index (Phi) is 4.32. The molecular formula is C13H14ClN3O4. The van der Waals surface area contributed by atoms with E-state index in [-0.39, 0.29) is 22.2 Å². The number of carbonyl (C=O) groups is 3. The van der Waals surface area contributed by atoms with Gasteiger partial charge in [0, 0.05) is 13.1 Å². The van der Waals surface area contributed by atoms with Gasteiger partial charge in [0.05, 0.1) is 16.3 Å². The molecule has 21 heavy (non-hydrogen) atoms. The molecule has 112 valence electrons. The minimum atomic E-state index is -1.12. The van der Waals surface area contributed by atoms with E-state index in [9.17, 15) is 14.4 Å². The van der Waals surface area contributed by atoms with E-state index in [4.69, 9.17) is 16.7 Å². The van der Waals surface area contributed by atoms with Crippen molar-refractivity contribution in [2.45, 2.75) is 13.0 Å². The summed E-state index contributed by atoms with van der Waals surface area (Å²) in [6.07, 6.45) is 0. The number of carboxylic acids is 1. The van der Waals surface area contributed by atoms with Gasteiger partial charge in [0.2, 0.25) is 5.91 Å². The number of nitrogens with zero attached hydrogens (tertiary/aromatic N) is 1. The molecular weight excluding hydrogens is 298 g/mol. The summed E-state index contributed by atoms with van der Waals surface area (Å²) in [6.45, 7) is 2.36. The van der Waals surface area contributed by atoms with Crippen molar-refractivity contribution in [2.75, 3.05) is 18.4 Å². The van der Waals surface area contributed by atoms with Crippen LogP contribution in [-0.2, 0) is 4.79 Å². The predicted octanol–water partition coefficient (Wildman–Crippen LogP) is 1.39. The third kappa shape index (κ3) is 3.25. The van der Waals surface area contributed by atoms with Gasteiger partial charge in [-0.2, -0.15) is 0 Å². The number of carbonyl (C=O) groups excluding carboxylic acids is 2. The Morgan fingerprint density at radius 3 is 2.86 bits per heavy atom. The number of nitrogens with one attached hydrogen (secondary N) is 2. The van der Waals surface area contributed by atoms with Crippen LogP contribution in [0.15, 0.2) is 18.2 Å². The summed E-state index contributed by atoms with van der Waals surface area (Å²) in [7, 11) is 0. The van der Waals surface area contributed by atoms with E-state index < -0.39 is 18.0 Å². The van der Waals surface area contributed by atoms with E-state index in [1.54, 1.807) is 6.92 Å². The number of anilines is 1. The number of hydrogen-bond acceptors (Lipinski definition) is 3. The quantitative estimate of drug-likeness (QED) is 0.768. The number of aromatic carboxylic acids is 1. The minimum absolute atomic E-state index is 0.0131. The topological polar surface area (TPSA) is 98.7 Å². The maximum Gasteiger partial charge on any atom is 0.335 e. The Balaban J connectivity index is 2.17. The molecule has 1 aromatic rings. The molecule has 1 atom stereocenters. The molecule has 1 heterocycles. The van der Waals surface area contributed by atoms with Gasteiger partial charge < -0.3 is 20.6 Å². The Labute approximate surface area is 125 Å². The fraction of sp³-hybridized carbons (Fsp3) is 0.308. The molecule has 2 rings (SSSR count). The first-order chi connectivity index (χ1) is 9.90. The van der Waals surface area contributed by atoms with E-state index in [0.29, 0.717) is 13.1 Å². The Bertz CT molecular complexity index is 605. The lowest BCUT2D eigenvalue weighted by molar-refractivity contribution is -0.126. The van der Waals surface area contributed by atoms with Gasteiger partial charge in [0.15, 0.2) is 0 Å². The van der Waals surface area contributed by atoms with Gasteiger partial charge in [-0.1, -0.05) is 11.6 Å². The first-order valence-corrected chi connectivity index (χ1v) is 6.66. The number of benzene rings is 1. The van der Waals surface area contributed by atoms with Crippen LogP contribution in [0.1, 0.15) is 17.3 Å². The summed E-state index contributed by atoms with van der Waals surface area (Å²) < 4.78 is 0. The first kappa shape index (κ1) is 15.1. The third-order valence-electron chi connectivity index (χ3n) is 3.21. The second-order valence-electron chi connectivity index (χ2n) is 4.59. The number of urea groups is 1. The van der Waals surface area contributed by atoms with Gasteiger partial charge in [0.1, 0.15) is 6.04 Å². The Hall–Kier alpha value is -2.28. The summed E-state index contributed by atoms with van der Waals surface area (Å²) in [5, 5.41) is 14.4. The van der Waals surface area contributed by atoms with E-state index in [1.807, 2.05) is 0 Å². The normalized spacial score (nSPS) is 18.1. The summed E-state index contributed by atoms with van der Waals surface area (Å²) in [6, 6.07) is 2.92. The zero-order valence-corrected chi connectivity index (χ0v) is 12.0. The summed E-state index contributed by atoms with van der Waals surface area (Å²) in [5.74, 6) is -1.35. The molecule has 0 bridgehead atoms. The molecule has 3 amide bonds. The number of piperazine rings is 1. The average molecular weight is 312 g/mol.